The van der Waals surface area contributed by atoms with Crippen LogP contribution in [-0.2, 0) is 11.2 Å². The molecule has 0 aromatic heterocycles. The molecule has 92 valence electrons. The monoisotopic (exact) mass is 235 g/mol. The number of aromatic hydroxyl groups is 1. The molecule has 0 aliphatic carbocycles. The van der Waals surface area contributed by atoms with Crippen LogP contribution >= 0.6 is 0 Å². The topological polar surface area (TPSA) is 69.6 Å². The number of piperidine rings is 1. The predicted molar refractivity (Wildman–Crippen MR) is 64.0 cm³/mol. The summed E-state index contributed by atoms with van der Waals surface area (Å²) >= 11 is 0. The lowest BCUT2D eigenvalue weighted by Crippen LogP contribution is -2.43. The summed E-state index contributed by atoms with van der Waals surface area (Å²) in [6, 6.07) is 6.86. The maximum absolute atomic E-state index is 11.5. The average Bonchev–Trinajstić information content (AvgIpc) is 2.30. The van der Waals surface area contributed by atoms with Crippen molar-refractivity contribution in [1.82, 2.24) is 5.32 Å². The lowest BCUT2D eigenvalue weighted by atomic mass is 9.74. The van der Waals surface area contributed by atoms with Gasteiger partial charge in [0.25, 0.3) is 0 Å². The molecule has 4 heteroatoms. The van der Waals surface area contributed by atoms with Gasteiger partial charge in [0, 0.05) is 0 Å². The Morgan fingerprint density at radius 1 is 1.35 bits per heavy atom. The van der Waals surface area contributed by atoms with Gasteiger partial charge in [0.05, 0.1) is 5.41 Å². The maximum atomic E-state index is 11.5. The first-order valence-corrected chi connectivity index (χ1v) is 5.84. The van der Waals surface area contributed by atoms with Gasteiger partial charge < -0.3 is 15.5 Å². The minimum Gasteiger partial charge on any atom is -0.508 e. The number of nitrogens with one attached hydrogen (secondary N) is 1. The van der Waals surface area contributed by atoms with Gasteiger partial charge in [-0.3, -0.25) is 4.79 Å². The van der Waals surface area contributed by atoms with Gasteiger partial charge in [-0.25, -0.2) is 0 Å². The number of carbonyl (C=O) groups is 1. The zero-order chi connectivity index (χ0) is 12.3. The summed E-state index contributed by atoms with van der Waals surface area (Å²) in [5.74, 6) is -0.542. The van der Waals surface area contributed by atoms with Crippen LogP contribution in [0.25, 0.3) is 0 Å². The summed E-state index contributed by atoms with van der Waals surface area (Å²) in [5, 5.41) is 22.0. The zero-order valence-corrected chi connectivity index (χ0v) is 9.65. The van der Waals surface area contributed by atoms with E-state index in [0.717, 1.165) is 18.7 Å². The van der Waals surface area contributed by atoms with E-state index < -0.39 is 11.4 Å². The molecule has 1 aliphatic heterocycles. The number of hydrogen-bond acceptors (Lipinski definition) is 3. The molecular formula is C13H17NO3. The quantitative estimate of drug-likeness (QED) is 0.740. The first kappa shape index (κ1) is 11.9. The summed E-state index contributed by atoms with van der Waals surface area (Å²) < 4.78 is 0. The predicted octanol–water partition coefficient (Wildman–Crippen LogP) is 1.39. The molecule has 1 fully saturated rings. The average molecular weight is 235 g/mol. The van der Waals surface area contributed by atoms with E-state index in [9.17, 15) is 15.0 Å². The van der Waals surface area contributed by atoms with Gasteiger partial charge in [0.15, 0.2) is 0 Å². The van der Waals surface area contributed by atoms with E-state index in [4.69, 9.17) is 0 Å². The highest BCUT2D eigenvalue weighted by Crippen LogP contribution is 2.33. The number of carboxylic acid groups (broad SMARTS) is 1. The zero-order valence-electron chi connectivity index (χ0n) is 9.65. The Hall–Kier alpha value is -1.55. The van der Waals surface area contributed by atoms with Crippen LogP contribution in [0.4, 0.5) is 0 Å². The lowest BCUT2D eigenvalue weighted by Gasteiger charge is -2.33. The maximum Gasteiger partial charge on any atom is 0.310 e. The molecule has 0 atom stereocenters. The van der Waals surface area contributed by atoms with Crippen LogP contribution in [0.15, 0.2) is 24.3 Å². The lowest BCUT2D eigenvalue weighted by molar-refractivity contribution is -0.150. The van der Waals surface area contributed by atoms with Crippen molar-refractivity contribution in [3.8, 4) is 5.75 Å². The van der Waals surface area contributed by atoms with Crippen molar-refractivity contribution in [3.05, 3.63) is 29.8 Å². The first-order chi connectivity index (χ1) is 8.12. The van der Waals surface area contributed by atoms with Crippen molar-refractivity contribution in [2.45, 2.75) is 19.3 Å². The van der Waals surface area contributed by atoms with Gasteiger partial charge >= 0.3 is 5.97 Å². The molecule has 0 amide bonds. The van der Waals surface area contributed by atoms with E-state index in [1.807, 2.05) is 6.07 Å². The summed E-state index contributed by atoms with van der Waals surface area (Å²) in [6.45, 7) is 1.48. The molecule has 1 aromatic carbocycles. The van der Waals surface area contributed by atoms with Crippen molar-refractivity contribution in [2.75, 3.05) is 13.1 Å². The van der Waals surface area contributed by atoms with Gasteiger partial charge in [-0.05, 0) is 50.0 Å². The number of benzene rings is 1. The highest BCUT2D eigenvalue weighted by molar-refractivity contribution is 5.75. The van der Waals surface area contributed by atoms with Crippen molar-refractivity contribution < 1.29 is 15.0 Å². The Labute approximate surface area is 100 Å². The van der Waals surface area contributed by atoms with E-state index in [2.05, 4.69) is 5.32 Å². The van der Waals surface area contributed by atoms with E-state index >= 15 is 0 Å². The van der Waals surface area contributed by atoms with E-state index in [0.29, 0.717) is 19.3 Å². The smallest absolute Gasteiger partial charge is 0.310 e. The minimum absolute atomic E-state index is 0.192. The van der Waals surface area contributed by atoms with Crippen molar-refractivity contribution in [1.29, 1.82) is 0 Å². The number of aliphatic carboxylic acids is 1. The van der Waals surface area contributed by atoms with E-state index in [-0.39, 0.29) is 5.75 Å². The molecule has 0 radical (unpaired) electrons. The Morgan fingerprint density at radius 2 is 2.06 bits per heavy atom. The third-order valence-electron chi connectivity index (χ3n) is 3.47. The SMILES string of the molecule is O=C(O)C1(Cc2cccc(O)c2)CCNCC1. The van der Waals surface area contributed by atoms with E-state index in [1.165, 1.54) is 0 Å². The molecule has 0 saturated carbocycles. The van der Waals surface area contributed by atoms with E-state index in [1.54, 1.807) is 18.2 Å². The van der Waals surface area contributed by atoms with Gasteiger partial charge in [-0.15, -0.1) is 0 Å². The first-order valence-electron chi connectivity index (χ1n) is 5.84. The molecule has 0 bridgehead atoms. The van der Waals surface area contributed by atoms with Gasteiger partial charge in [0.2, 0.25) is 0 Å². The van der Waals surface area contributed by atoms with Gasteiger partial charge in [-0.2, -0.15) is 0 Å². The largest absolute Gasteiger partial charge is 0.508 e. The second-order valence-corrected chi connectivity index (χ2v) is 4.68. The number of hydrogen-bond donors (Lipinski definition) is 3. The molecule has 1 aromatic rings. The van der Waals surface area contributed by atoms with Crippen molar-refractivity contribution in [2.24, 2.45) is 5.41 Å². The normalized spacial score (nSPS) is 18.8. The Morgan fingerprint density at radius 3 is 2.65 bits per heavy atom. The highest BCUT2D eigenvalue weighted by Gasteiger charge is 2.39. The van der Waals surface area contributed by atoms with Gasteiger partial charge in [0.1, 0.15) is 5.75 Å². The molecule has 1 saturated heterocycles. The molecule has 1 aliphatic rings. The van der Waals surface area contributed by atoms with Gasteiger partial charge in [-0.1, -0.05) is 12.1 Å². The molecular weight excluding hydrogens is 218 g/mol. The number of carboxylic acids is 1. The number of phenols is 1. The second kappa shape index (κ2) is 4.75. The summed E-state index contributed by atoms with van der Waals surface area (Å²) in [7, 11) is 0. The minimum atomic E-state index is -0.734. The molecule has 2 rings (SSSR count). The molecule has 1 heterocycles. The molecule has 3 N–H and O–H groups in total. The third kappa shape index (κ3) is 2.58. The third-order valence-corrected chi connectivity index (χ3v) is 3.47. The fourth-order valence-corrected chi connectivity index (χ4v) is 2.43. The van der Waals surface area contributed by atoms with Crippen LogP contribution in [0.5, 0.6) is 5.75 Å². The van der Waals surface area contributed by atoms with Crippen LogP contribution < -0.4 is 5.32 Å². The molecule has 0 unspecified atom stereocenters. The highest BCUT2D eigenvalue weighted by atomic mass is 16.4. The van der Waals surface area contributed by atoms with Crippen LogP contribution in [0.3, 0.4) is 0 Å². The fourth-order valence-electron chi connectivity index (χ4n) is 2.43. The van der Waals surface area contributed by atoms with Crippen molar-refractivity contribution in [3.63, 3.8) is 0 Å². The van der Waals surface area contributed by atoms with Crippen LogP contribution in [0, 0.1) is 5.41 Å². The van der Waals surface area contributed by atoms with Crippen LogP contribution in [0.1, 0.15) is 18.4 Å². The standard InChI is InChI=1S/C13H17NO3/c15-11-3-1-2-10(8-11)9-13(12(16)17)4-6-14-7-5-13/h1-3,8,14-15H,4-7,9H2,(H,16,17). The Kier molecular flexibility index (Phi) is 3.33. The van der Waals surface area contributed by atoms with Crippen LogP contribution in [-0.4, -0.2) is 29.3 Å². The Bertz CT molecular complexity index is 411. The second-order valence-electron chi connectivity index (χ2n) is 4.68. The van der Waals surface area contributed by atoms with Crippen molar-refractivity contribution >= 4 is 5.97 Å². The summed E-state index contributed by atoms with van der Waals surface area (Å²) in [6.07, 6.45) is 1.76. The fraction of sp³-hybridized carbons (Fsp3) is 0.462. The number of phenolic OH excluding ortho intramolecular Hbond substituents is 1. The Balaban J connectivity index is 2.20. The molecule has 0 spiro atoms. The molecule has 4 nitrogen and oxygen atoms in total. The summed E-state index contributed by atoms with van der Waals surface area (Å²) in [4.78, 5) is 11.5. The number of rotatable bonds is 3. The molecule has 17 heavy (non-hydrogen) atoms. The summed E-state index contributed by atoms with van der Waals surface area (Å²) in [5.41, 5.74) is 0.202. The van der Waals surface area contributed by atoms with Crippen LogP contribution in [0.2, 0.25) is 0 Å².